The van der Waals surface area contributed by atoms with Crippen LogP contribution in [0.4, 0.5) is 17.3 Å². The first kappa shape index (κ1) is 66.6. The highest BCUT2D eigenvalue weighted by Gasteiger charge is 2.63. The van der Waals surface area contributed by atoms with E-state index in [-0.39, 0.29) is 17.9 Å². The first-order valence-corrected chi connectivity index (χ1v) is 33.9. The molecule has 0 saturated heterocycles. The van der Waals surface area contributed by atoms with Crippen molar-refractivity contribution in [1.82, 2.24) is 8.96 Å². The van der Waals surface area contributed by atoms with E-state index in [1.807, 2.05) is 106 Å². The number of nitrogens with zero attached hydrogens (tertiary/aromatic N) is 4. The van der Waals surface area contributed by atoms with E-state index in [9.17, 15) is 0 Å². The molecule has 9 nitrogen and oxygen atoms in total. The number of halogens is 6. The fourth-order valence-corrected chi connectivity index (χ4v) is 17.3. The van der Waals surface area contributed by atoms with Crippen LogP contribution in [0.1, 0.15) is 164 Å². The van der Waals surface area contributed by atoms with Gasteiger partial charge in [0.1, 0.15) is 29.3 Å². The molecule has 0 bridgehead atoms. The van der Waals surface area contributed by atoms with Gasteiger partial charge in [0.05, 0.1) is 35.4 Å². The second-order valence-electron chi connectivity index (χ2n) is 22.5. The van der Waals surface area contributed by atoms with E-state index >= 15 is 17.3 Å². The van der Waals surface area contributed by atoms with Crippen LogP contribution in [0.25, 0.3) is 11.3 Å². The SMILES string of the molecule is CCC1=C(CC)C2C(c3ccccc3)c3c(CC)c(CC)c(I)n3[B-](F)(F)[N+]2=C1I.CCOc1ccc(B(O)O)cc1.CCOc1ccc(C2=[N+]3C(C(CC)=C2CC)C(c2ccccc2)c2c(CC)c(CC)c(-c4ccc(OCC)cc4)n2[B-]3(F)F)cc1. The van der Waals surface area contributed by atoms with Crippen molar-refractivity contribution >= 4 is 81.1 Å². The summed E-state index contributed by atoms with van der Waals surface area (Å²) in [5.41, 5.74) is 15.8. The van der Waals surface area contributed by atoms with Gasteiger partial charge in [0, 0.05) is 67.5 Å². The Morgan fingerprint density at radius 2 is 0.852 bits per heavy atom. The summed E-state index contributed by atoms with van der Waals surface area (Å²) in [4.78, 5) is 0. The normalized spacial score (nSPS) is 18.7. The fourth-order valence-electron chi connectivity index (χ4n) is 14.6. The number of ether oxygens (including phenoxy) is 3. The molecule has 4 aliphatic heterocycles. The number of fused-ring (bicyclic) bond motifs is 4. The lowest BCUT2D eigenvalue weighted by Gasteiger charge is -2.42. The summed E-state index contributed by atoms with van der Waals surface area (Å²) < 4.78 is 92.7. The highest BCUT2D eigenvalue weighted by Crippen LogP contribution is 2.53. The molecule has 5 aromatic carbocycles. The predicted octanol–water partition coefficient (Wildman–Crippen LogP) is 16.1. The van der Waals surface area contributed by atoms with E-state index in [2.05, 4.69) is 125 Å². The van der Waals surface area contributed by atoms with Gasteiger partial charge in [-0.15, -0.1) is 0 Å². The minimum absolute atomic E-state index is 0.0970. The Hall–Kier alpha value is -5.83. The zero-order chi connectivity index (χ0) is 63.4. The molecule has 464 valence electrons. The van der Waals surface area contributed by atoms with Crippen molar-refractivity contribution in [3.8, 4) is 28.5 Å². The highest BCUT2D eigenvalue weighted by atomic mass is 127. The summed E-state index contributed by atoms with van der Waals surface area (Å²) in [7, 11) is -1.40. The van der Waals surface area contributed by atoms with Crippen LogP contribution in [0.2, 0.25) is 0 Å². The molecule has 18 heteroatoms. The van der Waals surface area contributed by atoms with Gasteiger partial charge in [-0.3, -0.25) is 0 Å². The number of hydrogen-bond donors (Lipinski definition) is 2. The van der Waals surface area contributed by atoms with E-state index in [0.717, 1.165) is 119 Å². The molecule has 4 unspecified atom stereocenters. The standard InChI is InChI=1S/C39H45BF2N2O2.C23H27BF2I2N2.C8H11BO3/c1-7-31-33(9-3)38-35(26-16-14-13-15-17-26)39-34(10-4)32(8-2)37(28-20-24-30(25-21-28)46-12-6)44(39)40(41,42)43(38)36(31)27-18-22-29(23-19-27)45-11-5;1-5-15-17(7-3)22(27)29-20(15)19(14-12-10-9-11-13-14)21-16(6-2)18(8-4)23(28)30(21)24(29,25)26;1-2-12-8-5-3-7(4-6-8)9(10)11/h13-25,35,38H,7-12H2,1-6H3;9-13,19-20H,5-8H2,1-4H3;3-6,10-11H,2H2,1H3. The van der Waals surface area contributed by atoms with Crippen molar-refractivity contribution in [3.05, 3.63) is 210 Å². The van der Waals surface area contributed by atoms with E-state index in [0.29, 0.717) is 66.1 Å². The summed E-state index contributed by atoms with van der Waals surface area (Å²) in [5, 5.41) is 17.5. The molecule has 0 spiro atoms. The molecule has 2 aromatic heterocycles. The molecular weight excluding hydrogens is 1340 g/mol. The van der Waals surface area contributed by atoms with Crippen molar-refractivity contribution in [1.29, 1.82) is 0 Å². The molecule has 4 atom stereocenters. The van der Waals surface area contributed by atoms with Crippen LogP contribution >= 0.6 is 45.2 Å². The number of benzene rings is 5. The van der Waals surface area contributed by atoms with Crippen molar-refractivity contribution in [2.24, 2.45) is 0 Å². The minimum Gasteiger partial charge on any atom is -0.494 e. The Morgan fingerprint density at radius 3 is 1.27 bits per heavy atom. The van der Waals surface area contributed by atoms with Crippen molar-refractivity contribution in [2.45, 2.75) is 151 Å². The molecule has 6 heterocycles. The van der Waals surface area contributed by atoms with Gasteiger partial charge in [0.15, 0.2) is 9.43 Å². The Bertz CT molecular complexity index is 3740. The quantitative estimate of drug-likeness (QED) is 0.0479. The average Bonchev–Trinajstić information content (AvgIpc) is 1.53. The molecule has 0 aliphatic carbocycles. The second kappa shape index (κ2) is 28.6. The summed E-state index contributed by atoms with van der Waals surface area (Å²) >= 11 is 4.33. The minimum atomic E-state index is -4.27. The summed E-state index contributed by atoms with van der Waals surface area (Å²) in [6.45, 7) is 16.1. The Labute approximate surface area is 546 Å². The lowest BCUT2D eigenvalue weighted by Crippen LogP contribution is -2.59. The van der Waals surface area contributed by atoms with Gasteiger partial charge in [-0.05, 0) is 200 Å². The van der Waals surface area contributed by atoms with Crippen LogP contribution in [-0.4, -0.2) is 90.4 Å². The molecule has 11 rings (SSSR count). The van der Waals surface area contributed by atoms with E-state index in [1.54, 1.807) is 24.3 Å². The van der Waals surface area contributed by atoms with Crippen molar-refractivity contribution in [2.75, 3.05) is 19.8 Å². The lowest BCUT2D eigenvalue weighted by molar-refractivity contribution is -0.462. The van der Waals surface area contributed by atoms with Crippen molar-refractivity contribution in [3.63, 3.8) is 0 Å². The molecule has 2 N–H and O–H groups in total. The summed E-state index contributed by atoms with van der Waals surface area (Å²) in [6, 6.07) is 41.8. The van der Waals surface area contributed by atoms with Gasteiger partial charge < -0.3 is 59.5 Å². The first-order chi connectivity index (χ1) is 42.4. The first-order valence-electron chi connectivity index (χ1n) is 31.7. The smallest absolute Gasteiger partial charge is 0.494 e. The van der Waals surface area contributed by atoms with Crippen LogP contribution in [-0.2, 0) is 25.7 Å². The van der Waals surface area contributed by atoms with Gasteiger partial charge in [0.2, 0.25) is 0 Å². The molecule has 0 radical (unpaired) electrons. The molecular formula is C70H83B3F4I2N4O5. The Morgan fingerprint density at radius 1 is 0.455 bits per heavy atom. The monoisotopic (exact) mass is 1420 g/mol. The molecule has 0 fully saturated rings. The summed E-state index contributed by atoms with van der Waals surface area (Å²) in [5.74, 6) is 1.85. The van der Waals surface area contributed by atoms with Crippen LogP contribution in [0.15, 0.2) is 156 Å². The maximum atomic E-state index is 18.1. The predicted molar refractivity (Wildman–Crippen MR) is 371 cm³/mol. The number of rotatable bonds is 19. The Balaban J connectivity index is 0.000000186. The highest BCUT2D eigenvalue weighted by molar-refractivity contribution is 14.1. The molecule has 0 saturated carbocycles. The third kappa shape index (κ3) is 11.9. The largest absolute Gasteiger partial charge is 0.733 e. The van der Waals surface area contributed by atoms with Gasteiger partial charge in [0.25, 0.3) is 0 Å². The molecule has 88 heavy (non-hydrogen) atoms. The summed E-state index contributed by atoms with van der Waals surface area (Å²) in [6.07, 6.45) is 5.85. The maximum absolute atomic E-state index is 18.1. The van der Waals surface area contributed by atoms with Gasteiger partial charge >= 0.3 is 21.1 Å². The number of aromatic nitrogens is 2. The van der Waals surface area contributed by atoms with Crippen LogP contribution in [0.3, 0.4) is 0 Å². The van der Waals surface area contributed by atoms with Crippen LogP contribution < -0.4 is 19.7 Å². The topological polar surface area (TPSA) is 84.0 Å². The molecule has 4 aliphatic rings. The Kier molecular flexibility index (Phi) is 21.6. The average molecular weight is 1420 g/mol. The zero-order valence-electron chi connectivity index (χ0n) is 52.7. The maximum Gasteiger partial charge on any atom is 0.733 e. The van der Waals surface area contributed by atoms with Crippen LogP contribution in [0, 0.1) is 3.70 Å². The lowest BCUT2D eigenvalue weighted by atomic mass is 9.74. The zero-order valence-corrected chi connectivity index (χ0v) is 57.0. The van der Waals surface area contributed by atoms with E-state index in [4.69, 9.17) is 24.3 Å². The van der Waals surface area contributed by atoms with Crippen molar-refractivity contribution < 1.29 is 50.5 Å². The van der Waals surface area contributed by atoms with Gasteiger partial charge in [-0.2, -0.15) is 0 Å². The van der Waals surface area contributed by atoms with Crippen LogP contribution in [0.5, 0.6) is 17.2 Å². The second-order valence-corrected chi connectivity index (χ2v) is 24.5. The third-order valence-corrected chi connectivity index (χ3v) is 20.4. The number of allylic oxidation sites excluding steroid dienone is 2. The molecule has 7 aromatic rings. The fraction of sp³-hybridized carbons (Fsp3) is 0.371. The number of hydrogen-bond acceptors (Lipinski definition) is 5. The van der Waals surface area contributed by atoms with E-state index < -0.39 is 27.1 Å². The molecule has 0 amide bonds. The van der Waals surface area contributed by atoms with Gasteiger partial charge in [-0.25, -0.2) is 0 Å². The van der Waals surface area contributed by atoms with Gasteiger partial charge in [-0.1, -0.05) is 128 Å². The third-order valence-electron chi connectivity index (χ3n) is 18.0. The van der Waals surface area contributed by atoms with E-state index in [1.165, 1.54) is 23.5 Å².